The van der Waals surface area contributed by atoms with Crippen LogP contribution in [0.3, 0.4) is 0 Å². The Morgan fingerprint density at radius 2 is 1.60 bits per heavy atom. The number of piperidine rings is 1. The van der Waals surface area contributed by atoms with Crippen molar-refractivity contribution in [3.63, 3.8) is 0 Å². The highest BCUT2D eigenvalue weighted by Crippen LogP contribution is 2.35. The fraction of sp³-hybridized carbons (Fsp3) is 0.304. The third-order valence-corrected chi connectivity index (χ3v) is 5.50. The molecule has 3 aromatic carbocycles. The molecule has 0 amide bonds. The van der Waals surface area contributed by atoms with Crippen LogP contribution in [-0.4, -0.2) is 32.1 Å². The van der Waals surface area contributed by atoms with Crippen molar-refractivity contribution in [3.05, 3.63) is 66.2 Å². The summed E-state index contributed by atoms with van der Waals surface area (Å²) in [5.74, 6) is 1.57. The highest BCUT2D eigenvalue weighted by molar-refractivity contribution is 5.90. The van der Waals surface area contributed by atoms with Crippen LogP contribution < -0.4 is 4.74 Å². The predicted molar refractivity (Wildman–Crippen MR) is 105 cm³/mol. The van der Waals surface area contributed by atoms with Crippen molar-refractivity contribution in [2.24, 2.45) is 0 Å². The van der Waals surface area contributed by atoms with Crippen LogP contribution in [0, 0.1) is 0 Å². The molecule has 0 bridgehead atoms. The summed E-state index contributed by atoms with van der Waals surface area (Å²) in [5, 5.41) is 2.75. The van der Waals surface area contributed by atoms with Crippen molar-refractivity contribution in [1.29, 1.82) is 0 Å². The first-order chi connectivity index (χ1) is 12.2. The van der Waals surface area contributed by atoms with Crippen LogP contribution >= 0.6 is 0 Å². The topological polar surface area (TPSA) is 12.5 Å². The number of likely N-dealkylation sites (tertiary alicyclic amines) is 1. The molecule has 0 unspecified atom stereocenters. The molecule has 128 valence electrons. The number of benzene rings is 3. The van der Waals surface area contributed by atoms with Gasteiger partial charge in [-0.15, -0.1) is 0 Å². The van der Waals surface area contributed by atoms with E-state index in [1.807, 2.05) is 12.1 Å². The Hall–Kier alpha value is -2.32. The smallest absolute Gasteiger partial charge is 0.118 e. The van der Waals surface area contributed by atoms with Gasteiger partial charge in [-0.05, 0) is 84.6 Å². The summed E-state index contributed by atoms with van der Waals surface area (Å²) in [6.45, 7) is 2.39. The number of hydrogen-bond acceptors (Lipinski definition) is 2. The van der Waals surface area contributed by atoms with E-state index in [0.29, 0.717) is 5.92 Å². The van der Waals surface area contributed by atoms with Gasteiger partial charge >= 0.3 is 0 Å². The zero-order valence-electron chi connectivity index (χ0n) is 15.0. The maximum atomic E-state index is 5.28. The Morgan fingerprint density at radius 1 is 0.880 bits per heavy atom. The monoisotopic (exact) mass is 331 g/mol. The molecule has 0 spiro atoms. The van der Waals surface area contributed by atoms with Crippen molar-refractivity contribution in [2.75, 3.05) is 27.2 Å². The summed E-state index contributed by atoms with van der Waals surface area (Å²) in [5.41, 5.74) is 4.03. The molecule has 1 fully saturated rings. The summed E-state index contributed by atoms with van der Waals surface area (Å²) in [6, 6.07) is 22.0. The van der Waals surface area contributed by atoms with Crippen molar-refractivity contribution < 1.29 is 4.74 Å². The van der Waals surface area contributed by atoms with Crippen LogP contribution in [0.1, 0.15) is 24.3 Å². The lowest BCUT2D eigenvalue weighted by Gasteiger charge is -2.30. The van der Waals surface area contributed by atoms with Gasteiger partial charge in [0.15, 0.2) is 0 Å². The van der Waals surface area contributed by atoms with Gasteiger partial charge in [-0.1, -0.05) is 42.5 Å². The minimum absolute atomic E-state index is 0.672. The molecule has 2 heteroatoms. The molecule has 3 aromatic rings. The fourth-order valence-corrected chi connectivity index (χ4v) is 3.94. The number of fused-ring (bicyclic) bond motifs is 1. The first-order valence-corrected chi connectivity index (χ1v) is 9.10. The van der Waals surface area contributed by atoms with Gasteiger partial charge in [0.25, 0.3) is 0 Å². The second-order valence-electron chi connectivity index (χ2n) is 7.09. The molecule has 0 atom stereocenters. The third-order valence-electron chi connectivity index (χ3n) is 5.50. The van der Waals surface area contributed by atoms with Crippen LogP contribution in [0.15, 0.2) is 60.7 Å². The minimum atomic E-state index is 0.672. The zero-order chi connectivity index (χ0) is 17.2. The largest absolute Gasteiger partial charge is 0.497 e. The summed E-state index contributed by atoms with van der Waals surface area (Å²) >= 11 is 0. The molecule has 1 aliphatic heterocycles. The standard InChI is InChI=1S/C23H25NO/c1-24-14-12-19(13-15-24)22-5-3-4-18-6-7-20(16-23(18)22)17-8-10-21(25-2)11-9-17/h3-11,16,19H,12-15H2,1-2H3. The Kier molecular flexibility index (Phi) is 4.46. The Morgan fingerprint density at radius 3 is 2.32 bits per heavy atom. The van der Waals surface area contributed by atoms with Gasteiger partial charge in [-0.3, -0.25) is 0 Å². The molecule has 0 saturated carbocycles. The van der Waals surface area contributed by atoms with Gasteiger partial charge in [-0.2, -0.15) is 0 Å². The number of nitrogens with zero attached hydrogens (tertiary/aromatic N) is 1. The lowest BCUT2D eigenvalue weighted by molar-refractivity contribution is 0.256. The van der Waals surface area contributed by atoms with E-state index in [2.05, 4.69) is 60.5 Å². The van der Waals surface area contributed by atoms with Crippen molar-refractivity contribution in [2.45, 2.75) is 18.8 Å². The summed E-state index contributed by atoms with van der Waals surface area (Å²) < 4.78 is 5.28. The minimum Gasteiger partial charge on any atom is -0.497 e. The summed E-state index contributed by atoms with van der Waals surface area (Å²) in [4.78, 5) is 2.43. The SMILES string of the molecule is COc1ccc(-c2ccc3cccc(C4CCN(C)CC4)c3c2)cc1. The van der Waals surface area contributed by atoms with Gasteiger partial charge in [0, 0.05) is 0 Å². The first-order valence-electron chi connectivity index (χ1n) is 9.10. The highest BCUT2D eigenvalue weighted by atomic mass is 16.5. The summed E-state index contributed by atoms with van der Waals surface area (Å²) in [6.07, 6.45) is 2.50. The third kappa shape index (κ3) is 3.27. The second kappa shape index (κ2) is 6.89. The molecule has 4 rings (SSSR count). The fourth-order valence-electron chi connectivity index (χ4n) is 3.94. The molecule has 1 heterocycles. The van der Waals surface area contributed by atoms with Gasteiger partial charge in [0.2, 0.25) is 0 Å². The molecule has 25 heavy (non-hydrogen) atoms. The molecule has 0 aliphatic carbocycles. The lowest BCUT2D eigenvalue weighted by Crippen LogP contribution is -2.29. The van der Waals surface area contributed by atoms with Crippen molar-refractivity contribution in [3.8, 4) is 16.9 Å². The molecule has 0 N–H and O–H groups in total. The normalized spacial score (nSPS) is 16.2. The quantitative estimate of drug-likeness (QED) is 0.643. The van der Waals surface area contributed by atoms with Gasteiger partial charge in [-0.25, -0.2) is 0 Å². The number of methoxy groups -OCH3 is 1. The number of ether oxygens (including phenoxy) is 1. The van der Waals surface area contributed by atoms with Crippen molar-refractivity contribution in [1.82, 2.24) is 4.90 Å². The van der Waals surface area contributed by atoms with E-state index in [-0.39, 0.29) is 0 Å². The molecule has 0 aromatic heterocycles. The van der Waals surface area contributed by atoms with E-state index in [1.165, 1.54) is 53.4 Å². The van der Waals surface area contributed by atoms with Crippen molar-refractivity contribution >= 4 is 10.8 Å². The Labute approximate surface area is 150 Å². The van der Waals surface area contributed by atoms with Crippen LogP contribution in [0.4, 0.5) is 0 Å². The second-order valence-corrected chi connectivity index (χ2v) is 7.09. The summed E-state index contributed by atoms with van der Waals surface area (Å²) in [7, 11) is 3.93. The lowest BCUT2D eigenvalue weighted by atomic mass is 9.85. The maximum Gasteiger partial charge on any atom is 0.118 e. The van der Waals surface area contributed by atoms with Gasteiger partial charge in [0.1, 0.15) is 5.75 Å². The zero-order valence-corrected chi connectivity index (χ0v) is 15.0. The number of rotatable bonds is 3. The molecule has 0 radical (unpaired) electrons. The molecule has 1 saturated heterocycles. The molecule has 1 aliphatic rings. The van der Waals surface area contributed by atoms with E-state index in [9.17, 15) is 0 Å². The van der Waals surface area contributed by atoms with Crippen LogP contribution in [0.5, 0.6) is 5.75 Å². The average Bonchev–Trinajstić information content (AvgIpc) is 2.68. The molecular formula is C23H25NO. The van der Waals surface area contributed by atoms with E-state index in [1.54, 1.807) is 7.11 Å². The Balaban J connectivity index is 1.74. The van der Waals surface area contributed by atoms with Crippen LogP contribution in [0.2, 0.25) is 0 Å². The molecule has 2 nitrogen and oxygen atoms in total. The van der Waals surface area contributed by atoms with E-state index in [4.69, 9.17) is 4.74 Å². The van der Waals surface area contributed by atoms with E-state index < -0.39 is 0 Å². The van der Waals surface area contributed by atoms with Crippen LogP contribution in [0.25, 0.3) is 21.9 Å². The van der Waals surface area contributed by atoms with Gasteiger partial charge in [0.05, 0.1) is 7.11 Å². The average molecular weight is 331 g/mol. The van der Waals surface area contributed by atoms with Crippen LogP contribution in [-0.2, 0) is 0 Å². The Bertz CT molecular complexity index is 861. The number of hydrogen-bond donors (Lipinski definition) is 0. The van der Waals surface area contributed by atoms with E-state index >= 15 is 0 Å². The predicted octanol–water partition coefficient (Wildman–Crippen LogP) is 5.32. The van der Waals surface area contributed by atoms with E-state index in [0.717, 1.165) is 5.75 Å². The molecular weight excluding hydrogens is 306 g/mol. The highest BCUT2D eigenvalue weighted by Gasteiger charge is 2.20. The first kappa shape index (κ1) is 16.2. The van der Waals surface area contributed by atoms with Gasteiger partial charge < -0.3 is 9.64 Å². The maximum absolute atomic E-state index is 5.28.